The van der Waals surface area contributed by atoms with E-state index in [-0.39, 0.29) is 22.7 Å². The zero-order valence-electron chi connectivity index (χ0n) is 10.3. The maximum atomic E-state index is 13.7. The number of benzene rings is 2. The maximum absolute atomic E-state index is 13.7. The number of nitrogen functional groups attached to an aromatic ring is 1. The second-order valence-electron chi connectivity index (χ2n) is 4.06. The molecule has 0 saturated heterocycles. The van der Waals surface area contributed by atoms with Crippen molar-refractivity contribution < 1.29 is 13.5 Å². The van der Waals surface area contributed by atoms with Gasteiger partial charge in [-0.15, -0.1) is 0 Å². The molecule has 0 saturated carbocycles. The number of nitrogens with zero attached hydrogens (tertiary/aromatic N) is 1. The summed E-state index contributed by atoms with van der Waals surface area (Å²) < 4.78 is 25.8. The van der Waals surface area contributed by atoms with Crippen LogP contribution in [0.15, 0.2) is 47.4 Å². The third kappa shape index (κ3) is 3.00. The van der Waals surface area contributed by atoms with Crippen molar-refractivity contribution in [2.75, 3.05) is 5.73 Å². The van der Waals surface area contributed by atoms with Crippen molar-refractivity contribution in [2.24, 2.45) is 0 Å². The van der Waals surface area contributed by atoms with Crippen molar-refractivity contribution in [3.63, 3.8) is 0 Å². The average molecular weight is 294 g/mol. The van der Waals surface area contributed by atoms with Gasteiger partial charge in [0.05, 0.1) is 27.2 Å². The van der Waals surface area contributed by atoms with Crippen molar-refractivity contribution in [2.45, 2.75) is 10.6 Å². The summed E-state index contributed by atoms with van der Waals surface area (Å²) in [5, 5.41) is 10.5. The van der Waals surface area contributed by atoms with Crippen LogP contribution < -0.4 is 5.73 Å². The lowest BCUT2D eigenvalue weighted by molar-refractivity contribution is -0.384. The predicted molar refractivity (Wildman–Crippen MR) is 74.0 cm³/mol. The molecule has 0 aliphatic heterocycles. The molecule has 0 amide bonds. The van der Waals surface area contributed by atoms with E-state index in [4.69, 9.17) is 5.73 Å². The van der Waals surface area contributed by atoms with E-state index in [0.717, 1.165) is 0 Å². The maximum Gasteiger partial charge on any atom is 0.269 e. The first-order valence-corrected chi connectivity index (χ1v) is 6.96. The van der Waals surface area contributed by atoms with Crippen molar-refractivity contribution in [1.29, 1.82) is 0 Å². The SMILES string of the molecule is Nc1cccc(CS(=O)c2ccc([N+](=O)[O-])cc2)c1F. The molecule has 20 heavy (non-hydrogen) atoms. The number of nitrogens with two attached hydrogens (primary N) is 1. The predicted octanol–water partition coefficient (Wildman–Crippen LogP) is 2.62. The summed E-state index contributed by atoms with van der Waals surface area (Å²) in [7, 11) is -1.49. The van der Waals surface area contributed by atoms with Crippen LogP contribution in [0.2, 0.25) is 0 Å². The Kier molecular flexibility index (Phi) is 4.09. The van der Waals surface area contributed by atoms with E-state index in [0.29, 0.717) is 4.90 Å². The minimum atomic E-state index is -1.49. The lowest BCUT2D eigenvalue weighted by Crippen LogP contribution is -2.01. The smallest absolute Gasteiger partial charge is 0.269 e. The fourth-order valence-electron chi connectivity index (χ4n) is 1.66. The first kappa shape index (κ1) is 14.1. The van der Waals surface area contributed by atoms with Gasteiger partial charge in [-0.3, -0.25) is 14.3 Å². The molecular weight excluding hydrogens is 283 g/mol. The van der Waals surface area contributed by atoms with E-state index in [2.05, 4.69) is 0 Å². The van der Waals surface area contributed by atoms with Gasteiger partial charge in [-0.1, -0.05) is 12.1 Å². The van der Waals surface area contributed by atoms with E-state index >= 15 is 0 Å². The van der Waals surface area contributed by atoms with E-state index in [1.807, 2.05) is 0 Å². The highest BCUT2D eigenvalue weighted by molar-refractivity contribution is 7.84. The van der Waals surface area contributed by atoms with E-state index in [1.165, 1.54) is 36.4 Å². The molecule has 2 aromatic carbocycles. The second kappa shape index (κ2) is 5.79. The second-order valence-corrected chi connectivity index (χ2v) is 5.51. The largest absolute Gasteiger partial charge is 0.396 e. The number of anilines is 1. The lowest BCUT2D eigenvalue weighted by atomic mass is 10.2. The molecule has 2 aromatic rings. The molecule has 0 aliphatic carbocycles. The zero-order valence-corrected chi connectivity index (χ0v) is 11.1. The van der Waals surface area contributed by atoms with Gasteiger partial charge in [0.15, 0.2) is 0 Å². The number of non-ortho nitro benzene ring substituents is 1. The molecule has 7 heteroatoms. The molecule has 2 rings (SSSR count). The number of hydrogen-bond acceptors (Lipinski definition) is 4. The van der Waals surface area contributed by atoms with Gasteiger partial charge in [-0.05, 0) is 18.2 Å². The summed E-state index contributed by atoms with van der Waals surface area (Å²) in [5.74, 6) is -0.614. The lowest BCUT2D eigenvalue weighted by Gasteiger charge is -2.05. The normalized spacial score (nSPS) is 12.1. The van der Waals surface area contributed by atoms with Crippen LogP contribution in [0.3, 0.4) is 0 Å². The van der Waals surface area contributed by atoms with E-state index in [1.54, 1.807) is 6.07 Å². The van der Waals surface area contributed by atoms with Crippen LogP contribution in [0.1, 0.15) is 5.56 Å². The highest BCUT2D eigenvalue weighted by Crippen LogP contribution is 2.20. The Labute approximate surface area is 116 Å². The first-order chi connectivity index (χ1) is 9.49. The quantitative estimate of drug-likeness (QED) is 0.533. The Morgan fingerprint density at radius 3 is 2.45 bits per heavy atom. The summed E-state index contributed by atoms with van der Waals surface area (Å²) >= 11 is 0. The highest BCUT2D eigenvalue weighted by atomic mass is 32.2. The van der Waals surface area contributed by atoms with Crippen LogP contribution in [-0.4, -0.2) is 9.13 Å². The van der Waals surface area contributed by atoms with Gasteiger partial charge < -0.3 is 5.73 Å². The fourth-order valence-corrected chi connectivity index (χ4v) is 2.77. The molecule has 1 atom stereocenters. The molecule has 2 N–H and O–H groups in total. The monoisotopic (exact) mass is 294 g/mol. The van der Waals surface area contributed by atoms with Crippen LogP contribution in [0.25, 0.3) is 0 Å². The topological polar surface area (TPSA) is 86.2 Å². The molecular formula is C13H11FN2O3S. The van der Waals surface area contributed by atoms with Gasteiger partial charge in [-0.2, -0.15) is 0 Å². The molecule has 0 aliphatic rings. The molecule has 5 nitrogen and oxygen atoms in total. The van der Waals surface area contributed by atoms with Crippen molar-refractivity contribution in [3.05, 3.63) is 64.0 Å². The van der Waals surface area contributed by atoms with Crippen LogP contribution >= 0.6 is 0 Å². The van der Waals surface area contributed by atoms with Gasteiger partial charge in [0, 0.05) is 22.6 Å². The van der Waals surface area contributed by atoms with E-state index in [9.17, 15) is 18.7 Å². The number of nitro groups is 1. The van der Waals surface area contributed by atoms with Gasteiger partial charge in [0.25, 0.3) is 5.69 Å². The summed E-state index contributed by atoms with van der Waals surface area (Å²) in [6, 6.07) is 9.85. The minimum absolute atomic E-state index is 0.00296. The summed E-state index contributed by atoms with van der Waals surface area (Å²) in [4.78, 5) is 10.4. The van der Waals surface area contributed by atoms with Crippen LogP contribution in [0.5, 0.6) is 0 Å². The Morgan fingerprint density at radius 1 is 1.20 bits per heavy atom. The Hall–Kier alpha value is -2.28. The van der Waals surface area contributed by atoms with Crippen LogP contribution in [0, 0.1) is 15.9 Å². The molecule has 0 fully saturated rings. The van der Waals surface area contributed by atoms with Crippen molar-refractivity contribution in [3.8, 4) is 0 Å². The van der Waals surface area contributed by atoms with Gasteiger partial charge in [0.2, 0.25) is 0 Å². The van der Waals surface area contributed by atoms with Crippen LogP contribution in [0.4, 0.5) is 15.8 Å². The molecule has 0 spiro atoms. The number of nitro benzene ring substituents is 1. The van der Waals surface area contributed by atoms with E-state index < -0.39 is 21.5 Å². The third-order valence-corrected chi connectivity index (χ3v) is 4.08. The molecule has 0 heterocycles. The number of hydrogen-bond donors (Lipinski definition) is 1. The zero-order chi connectivity index (χ0) is 14.7. The Morgan fingerprint density at radius 2 is 1.85 bits per heavy atom. The summed E-state index contributed by atoms with van der Waals surface area (Å²) in [6.45, 7) is 0. The number of rotatable bonds is 4. The van der Waals surface area contributed by atoms with Gasteiger partial charge >= 0.3 is 0 Å². The van der Waals surface area contributed by atoms with Gasteiger partial charge in [-0.25, -0.2) is 4.39 Å². The first-order valence-electron chi connectivity index (χ1n) is 5.64. The molecule has 104 valence electrons. The van der Waals surface area contributed by atoms with Crippen LogP contribution in [-0.2, 0) is 16.6 Å². The molecule has 0 radical (unpaired) electrons. The molecule has 0 bridgehead atoms. The third-order valence-electron chi connectivity index (χ3n) is 2.71. The summed E-state index contributed by atoms with van der Waals surface area (Å²) in [5.41, 5.74) is 5.61. The number of halogens is 1. The Balaban J connectivity index is 2.20. The Bertz CT molecular complexity index is 674. The van der Waals surface area contributed by atoms with Crippen molar-refractivity contribution in [1.82, 2.24) is 0 Å². The highest BCUT2D eigenvalue weighted by Gasteiger charge is 2.12. The fraction of sp³-hybridized carbons (Fsp3) is 0.0769. The van der Waals surface area contributed by atoms with Crippen molar-refractivity contribution >= 4 is 22.2 Å². The minimum Gasteiger partial charge on any atom is -0.396 e. The summed E-state index contributed by atoms with van der Waals surface area (Å²) in [6.07, 6.45) is 0. The van der Waals surface area contributed by atoms with Gasteiger partial charge in [0.1, 0.15) is 5.82 Å². The molecule has 1 unspecified atom stereocenters. The standard InChI is InChI=1S/C13H11FN2O3S/c14-13-9(2-1-3-12(13)15)8-20(19)11-6-4-10(5-7-11)16(17)18/h1-7H,8,15H2. The average Bonchev–Trinajstić information content (AvgIpc) is 2.44. The molecule has 0 aromatic heterocycles.